The first kappa shape index (κ1) is 13.5. The number of benzene rings is 1. The Hall–Kier alpha value is -1.88. The van der Waals surface area contributed by atoms with Gasteiger partial charge < -0.3 is 9.15 Å². The number of hydrogen-bond acceptors (Lipinski definition) is 5. The number of ether oxygens (including phenoxy) is 1. The van der Waals surface area contributed by atoms with E-state index < -0.39 is 12.1 Å². The minimum absolute atomic E-state index is 0.268. The van der Waals surface area contributed by atoms with E-state index in [2.05, 4.69) is 10.2 Å². The SMILES string of the molecule is Cc1cc(Cl)cc(C(=O)OC(C)c2nnc(C)o2)c1. The lowest BCUT2D eigenvalue weighted by Crippen LogP contribution is -2.09. The molecule has 0 aliphatic heterocycles. The van der Waals surface area contributed by atoms with Crippen molar-refractivity contribution in [2.45, 2.75) is 26.9 Å². The quantitative estimate of drug-likeness (QED) is 0.808. The maximum Gasteiger partial charge on any atom is 0.338 e. The molecule has 6 heteroatoms. The van der Waals surface area contributed by atoms with E-state index in [4.69, 9.17) is 20.8 Å². The normalized spacial score (nSPS) is 12.2. The van der Waals surface area contributed by atoms with Crippen molar-refractivity contribution in [2.75, 3.05) is 0 Å². The fourth-order valence-electron chi connectivity index (χ4n) is 1.61. The van der Waals surface area contributed by atoms with Crippen molar-refractivity contribution in [2.24, 2.45) is 0 Å². The summed E-state index contributed by atoms with van der Waals surface area (Å²) in [6, 6.07) is 5.03. The van der Waals surface area contributed by atoms with Gasteiger partial charge in [-0.2, -0.15) is 0 Å². The zero-order valence-corrected chi connectivity index (χ0v) is 11.6. The van der Waals surface area contributed by atoms with Crippen LogP contribution in [0, 0.1) is 13.8 Å². The Bertz CT molecular complexity index is 589. The molecule has 100 valence electrons. The molecule has 0 spiro atoms. The highest BCUT2D eigenvalue weighted by Gasteiger charge is 2.18. The Balaban J connectivity index is 2.12. The van der Waals surface area contributed by atoms with Gasteiger partial charge in [-0.05, 0) is 37.6 Å². The lowest BCUT2D eigenvalue weighted by atomic mass is 10.1. The molecule has 1 heterocycles. The largest absolute Gasteiger partial charge is 0.449 e. The van der Waals surface area contributed by atoms with Crippen LogP contribution in [0.15, 0.2) is 22.6 Å². The topological polar surface area (TPSA) is 65.2 Å². The van der Waals surface area contributed by atoms with Crippen molar-refractivity contribution in [3.8, 4) is 0 Å². The van der Waals surface area contributed by atoms with Crippen molar-refractivity contribution in [3.63, 3.8) is 0 Å². The van der Waals surface area contributed by atoms with Gasteiger partial charge in [-0.3, -0.25) is 0 Å². The van der Waals surface area contributed by atoms with Crippen LogP contribution in [0.3, 0.4) is 0 Å². The van der Waals surface area contributed by atoms with E-state index in [9.17, 15) is 4.79 Å². The number of rotatable bonds is 3. The third kappa shape index (κ3) is 3.32. The first-order valence-corrected chi connectivity index (χ1v) is 6.11. The molecule has 0 aliphatic carbocycles. The van der Waals surface area contributed by atoms with Gasteiger partial charge in [0.2, 0.25) is 5.89 Å². The lowest BCUT2D eigenvalue weighted by Gasteiger charge is -2.10. The van der Waals surface area contributed by atoms with Crippen molar-refractivity contribution in [1.82, 2.24) is 10.2 Å². The molecule has 2 rings (SSSR count). The summed E-state index contributed by atoms with van der Waals surface area (Å²) >= 11 is 5.90. The molecular weight excluding hydrogens is 268 g/mol. The summed E-state index contributed by atoms with van der Waals surface area (Å²) in [5.74, 6) is 0.218. The summed E-state index contributed by atoms with van der Waals surface area (Å²) in [5.41, 5.74) is 1.29. The van der Waals surface area contributed by atoms with Crippen LogP contribution in [-0.2, 0) is 4.74 Å². The molecule has 0 fully saturated rings. The van der Waals surface area contributed by atoms with Crippen LogP contribution in [0.5, 0.6) is 0 Å². The molecule has 1 unspecified atom stereocenters. The zero-order chi connectivity index (χ0) is 14.0. The van der Waals surface area contributed by atoms with Crippen LogP contribution < -0.4 is 0 Å². The molecule has 0 N–H and O–H groups in total. The molecule has 0 saturated carbocycles. The van der Waals surface area contributed by atoms with Crippen LogP contribution in [0.2, 0.25) is 5.02 Å². The fourth-order valence-corrected chi connectivity index (χ4v) is 1.90. The first-order valence-electron chi connectivity index (χ1n) is 5.74. The minimum atomic E-state index is -0.604. The van der Waals surface area contributed by atoms with Gasteiger partial charge >= 0.3 is 5.97 Å². The van der Waals surface area contributed by atoms with Gasteiger partial charge in [0.1, 0.15) is 0 Å². The zero-order valence-electron chi connectivity index (χ0n) is 10.8. The molecule has 1 aromatic carbocycles. The second-order valence-corrected chi connectivity index (χ2v) is 4.66. The Morgan fingerprint density at radius 1 is 1.32 bits per heavy atom. The van der Waals surface area contributed by atoms with Gasteiger partial charge in [0.15, 0.2) is 6.10 Å². The van der Waals surface area contributed by atoms with Gasteiger partial charge in [0, 0.05) is 11.9 Å². The van der Waals surface area contributed by atoms with Crippen LogP contribution in [0.25, 0.3) is 0 Å². The smallest absolute Gasteiger partial charge is 0.338 e. The summed E-state index contributed by atoms with van der Waals surface area (Å²) in [5, 5.41) is 7.99. The van der Waals surface area contributed by atoms with E-state index in [1.807, 2.05) is 6.92 Å². The highest BCUT2D eigenvalue weighted by atomic mass is 35.5. The minimum Gasteiger partial charge on any atom is -0.449 e. The number of hydrogen-bond donors (Lipinski definition) is 0. The molecule has 19 heavy (non-hydrogen) atoms. The molecule has 1 aromatic heterocycles. The third-order valence-corrected chi connectivity index (χ3v) is 2.67. The standard InChI is InChI=1S/C13H13ClN2O3/c1-7-4-10(6-11(14)5-7)13(17)18-8(2)12-16-15-9(3)19-12/h4-6,8H,1-3H3. The van der Waals surface area contributed by atoms with E-state index in [1.54, 1.807) is 32.0 Å². The Labute approximate surface area is 115 Å². The second kappa shape index (κ2) is 5.40. The Morgan fingerprint density at radius 3 is 2.63 bits per heavy atom. The highest BCUT2D eigenvalue weighted by molar-refractivity contribution is 6.31. The summed E-state index contributed by atoms with van der Waals surface area (Å²) in [6.45, 7) is 5.20. The molecule has 0 amide bonds. The predicted octanol–water partition coefficient (Wildman–Crippen LogP) is 3.26. The van der Waals surface area contributed by atoms with Crippen LogP contribution in [0.1, 0.15) is 40.7 Å². The maximum atomic E-state index is 12.0. The van der Waals surface area contributed by atoms with Gasteiger partial charge in [0.05, 0.1) is 5.56 Å². The average Bonchev–Trinajstić information content (AvgIpc) is 2.74. The van der Waals surface area contributed by atoms with Gasteiger partial charge in [-0.15, -0.1) is 10.2 Å². The molecular formula is C13H13ClN2O3. The van der Waals surface area contributed by atoms with Crippen molar-refractivity contribution >= 4 is 17.6 Å². The Morgan fingerprint density at radius 2 is 2.05 bits per heavy atom. The van der Waals surface area contributed by atoms with Gasteiger partial charge in [-0.1, -0.05) is 11.6 Å². The number of carbonyl (C=O) groups excluding carboxylic acids is 1. The van der Waals surface area contributed by atoms with Gasteiger partial charge in [-0.25, -0.2) is 4.79 Å². The summed E-state index contributed by atoms with van der Waals surface area (Å²) < 4.78 is 10.5. The van der Waals surface area contributed by atoms with E-state index in [1.165, 1.54) is 0 Å². The molecule has 1 atom stereocenters. The number of aryl methyl sites for hydroxylation is 2. The van der Waals surface area contributed by atoms with Crippen molar-refractivity contribution in [3.05, 3.63) is 46.1 Å². The van der Waals surface area contributed by atoms with E-state index in [0.717, 1.165) is 5.56 Å². The average molecular weight is 281 g/mol. The van der Waals surface area contributed by atoms with E-state index >= 15 is 0 Å². The van der Waals surface area contributed by atoms with E-state index in [0.29, 0.717) is 16.5 Å². The van der Waals surface area contributed by atoms with Crippen LogP contribution in [0.4, 0.5) is 0 Å². The Kier molecular flexibility index (Phi) is 3.85. The predicted molar refractivity (Wildman–Crippen MR) is 69.1 cm³/mol. The van der Waals surface area contributed by atoms with Crippen LogP contribution in [-0.4, -0.2) is 16.2 Å². The first-order chi connectivity index (χ1) is 8.95. The number of carbonyl (C=O) groups is 1. The van der Waals surface area contributed by atoms with Crippen molar-refractivity contribution in [1.29, 1.82) is 0 Å². The molecule has 0 radical (unpaired) electrons. The third-order valence-electron chi connectivity index (χ3n) is 2.45. The maximum absolute atomic E-state index is 12.0. The molecule has 0 aliphatic rings. The molecule has 0 bridgehead atoms. The number of aromatic nitrogens is 2. The summed E-state index contributed by atoms with van der Waals surface area (Å²) in [7, 11) is 0. The number of esters is 1. The van der Waals surface area contributed by atoms with Gasteiger partial charge in [0.25, 0.3) is 5.89 Å². The summed E-state index contributed by atoms with van der Waals surface area (Å²) in [4.78, 5) is 12.0. The lowest BCUT2D eigenvalue weighted by molar-refractivity contribution is 0.0277. The molecule has 5 nitrogen and oxygen atoms in total. The number of nitrogens with zero attached hydrogens (tertiary/aromatic N) is 2. The molecule has 2 aromatic rings. The second-order valence-electron chi connectivity index (χ2n) is 4.22. The highest BCUT2D eigenvalue weighted by Crippen LogP contribution is 2.20. The summed E-state index contributed by atoms with van der Waals surface area (Å²) in [6.07, 6.45) is -0.604. The van der Waals surface area contributed by atoms with Crippen LogP contribution >= 0.6 is 11.6 Å². The van der Waals surface area contributed by atoms with Crippen molar-refractivity contribution < 1.29 is 13.9 Å². The molecule has 0 saturated heterocycles. The fraction of sp³-hybridized carbons (Fsp3) is 0.308. The monoisotopic (exact) mass is 280 g/mol. The van der Waals surface area contributed by atoms with E-state index in [-0.39, 0.29) is 5.89 Å². The number of halogens is 1.